The predicted molar refractivity (Wildman–Crippen MR) is 71.8 cm³/mol. The van der Waals surface area contributed by atoms with E-state index in [4.69, 9.17) is 9.26 Å². The molecular weight excluding hydrogens is 246 g/mol. The lowest BCUT2D eigenvalue weighted by Gasteiger charge is -2.02. The zero-order chi connectivity index (χ0) is 12.4. The third kappa shape index (κ3) is 1.91. The van der Waals surface area contributed by atoms with Crippen LogP contribution in [0.4, 0.5) is 0 Å². The number of methoxy groups -OCH3 is 1. The number of hydrogen-bond donors (Lipinski definition) is 0. The molecule has 0 unspecified atom stereocenters. The quantitative estimate of drug-likeness (QED) is 0.709. The van der Waals surface area contributed by atoms with E-state index in [-0.39, 0.29) is 0 Å². The molecule has 90 valence electrons. The lowest BCUT2D eigenvalue weighted by molar-refractivity contribution is 0.414. The molecule has 0 saturated carbocycles. The van der Waals surface area contributed by atoms with Gasteiger partial charge in [-0.3, -0.25) is 0 Å². The summed E-state index contributed by atoms with van der Waals surface area (Å²) in [6, 6.07) is 11.9. The zero-order valence-electron chi connectivity index (χ0n) is 9.79. The molecule has 0 spiro atoms. The molecule has 2 heterocycles. The maximum Gasteiger partial charge on any atom is 0.133 e. The highest BCUT2D eigenvalue weighted by atomic mass is 32.1. The van der Waals surface area contributed by atoms with Crippen molar-refractivity contribution in [2.45, 2.75) is 0 Å². The molecule has 18 heavy (non-hydrogen) atoms. The molecule has 4 heteroatoms. The Morgan fingerprint density at radius 2 is 2.00 bits per heavy atom. The average Bonchev–Trinajstić information content (AvgIpc) is 3.09. The normalized spacial score (nSPS) is 10.5. The monoisotopic (exact) mass is 257 g/mol. The molecule has 0 N–H and O–H groups in total. The number of hydrogen-bond acceptors (Lipinski definition) is 4. The van der Waals surface area contributed by atoms with E-state index in [1.165, 1.54) is 0 Å². The second kappa shape index (κ2) is 4.66. The largest absolute Gasteiger partial charge is 0.497 e. The topological polar surface area (TPSA) is 35.3 Å². The van der Waals surface area contributed by atoms with Gasteiger partial charge in [-0.2, -0.15) is 0 Å². The molecule has 0 bridgehead atoms. The van der Waals surface area contributed by atoms with Crippen LogP contribution in [0, 0.1) is 0 Å². The van der Waals surface area contributed by atoms with Crippen molar-refractivity contribution in [1.82, 2.24) is 5.16 Å². The molecule has 0 aliphatic heterocycles. The van der Waals surface area contributed by atoms with Crippen LogP contribution in [0.15, 0.2) is 52.6 Å². The van der Waals surface area contributed by atoms with Crippen molar-refractivity contribution >= 4 is 11.3 Å². The van der Waals surface area contributed by atoms with E-state index >= 15 is 0 Å². The van der Waals surface area contributed by atoms with Crippen LogP contribution in [0.25, 0.3) is 21.7 Å². The van der Waals surface area contributed by atoms with Gasteiger partial charge in [-0.05, 0) is 35.7 Å². The number of thiophene rings is 1. The number of benzene rings is 1. The lowest BCUT2D eigenvalue weighted by Crippen LogP contribution is -1.84. The van der Waals surface area contributed by atoms with Gasteiger partial charge in [0.25, 0.3) is 0 Å². The van der Waals surface area contributed by atoms with Gasteiger partial charge in [0.05, 0.1) is 12.7 Å². The predicted octanol–water partition coefficient (Wildman–Crippen LogP) is 4.08. The highest BCUT2D eigenvalue weighted by molar-refractivity contribution is 7.13. The first-order valence-electron chi connectivity index (χ1n) is 5.51. The van der Waals surface area contributed by atoms with Crippen molar-refractivity contribution in [3.63, 3.8) is 0 Å². The molecule has 0 fully saturated rings. The number of ether oxygens (including phenoxy) is 1. The first-order valence-corrected chi connectivity index (χ1v) is 6.39. The molecule has 1 aromatic carbocycles. The molecule has 2 aromatic heterocycles. The van der Waals surface area contributed by atoms with Gasteiger partial charge < -0.3 is 9.26 Å². The lowest BCUT2D eigenvalue weighted by atomic mass is 10.1. The van der Waals surface area contributed by atoms with Crippen LogP contribution in [0.3, 0.4) is 0 Å². The minimum atomic E-state index is 0.833. The van der Waals surface area contributed by atoms with E-state index < -0.39 is 0 Å². The Labute approximate surface area is 109 Å². The van der Waals surface area contributed by atoms with Crippen LogP contribution in [-0.2, 0) is 0 Å². The van der Waals surface area contributed by atoms with Gasteiger partial charge in [-0.15, -0.1) is 11.3 Å². The summed E-state index contributed by atoms with van der Waals surface area (Å²) < 4.78 is 10.3. The summed E-state index contributed by atoms with van der Waals surface area (Å²) in [6.07, 6.45) is 1.69. The van der Waals surface area contributed by atoms with Crippen molar-refractivity contribution in [1.29, 1.82) is 0 Å². The van der Waals surface area contributed by atoms with Gasteiger partial charge in [0, 0.05) is 10.4 Å². The molecule has 0 radical (unpaired) electrons. The fourth-order valence-electron chi connectivity index (χ4n) is 1.80. The molecule has 3 rings (SSSR count). The smallest absolute Gasteiger partial charge is 0.133 e. The highest BCUT2D eigenvalue weighted by Gasteiger charge is 2.12. The van der Waals surface area contributed by atoms with E-state index in [9.17, 15) is 0 Å². The molecule has 0 aliphatic rings. The summed E-state index contributed by atoms with van der Waals surface area (Å²) in [7, 11) is 1.65. The fraction of sp³-hybridized carbons (Fsp3) is 0.0714. The van der Waals surface area contributed by atoms with Crippen molar-refractivity contribution in [2.75, 3.05) is 7.11 Å². The first kappa shape index (κ1) is 11.0. The van der Waals surface area contributed by atoms with Gasteiger partial charge >= 0.3 is 0 Å². The Balaban J connectivity index is 2.04. The summed E-state index contributed by atoms with van der Waals surface area (Å²) in [5.74, 6) is 0.833. The molecule has 0 aliphatic carbocycles. The minimum absolute atomic E-state index is 0.833. The van der Waals surface area contributed by atoms with Gasteiger partial charge in [0.15, 0.2) is 0 Å². The van der Waals surface area contributed by atoms with Crippen molar-refractivity contribution in [3.8, 4) is 27.4 Å². The molecule has 0 amide bonds. The summed E-state index contributed by atoms with van der Waals surface area (Å²) in [4.78, 5) is 1.15. The van der Waals surface area contributed by atoms with Crippen LogP contribution in [0.1, 0.15) is 0 Å². The van der Waals surface area contributed by atoms with E-state index in [0.717, 1.165) is 27.4 Å². The molecule has 0 atom stereocenters. The summed E-state index contributed by atoms with van der Waals surface area (Å²) in [5, 5.41) is 6.13. The highest BCUT2D eigenvalue weighted by Crippen LogP contribution is 2.34. The standard InChI is InChI=1S/C14H11NO2S/c1-16-11-6-4-10(5-7-11)14-12(9-17-15-14)13-3-2-8-18-13/h2-9H,1H3. The van der Waals surface area contributed by atoms with E-state index in [0.29, 0.717) is 0 Å². The Kier molecular flexibility index (Phi) is 2.86. The number of aromatic nitrogens is 1. The molecule has 3 aromatic rings. The minimum Gasteiger partial charge on any atom is -0.497 e. The maximum absolute atomic E-state index is 5.15. The zero-order valence-corrected chi connectivity index (χ0v) is 10.6. The van der Waals surface area contributed by atoms with Gasteiger partial charge in [0.2, 0.25) is 0 Å². The van der Waals surface area contributed by atoms with Gasteiger partial charge in [0.1, 0.15) is 17.7 Å². The van der Waals surface area contributed by atoms with Crippen molar-refractivity contribution < 1.29 is 9.26 Å². The maximum atomic E-state index is 5.15. The third-order valence-electron chi connectivity index (χ3n) is 2.72. The van der Waals surface area contributed by atoms with Crippen LogP contribution >= 0.6 is 11.3 Å². The molecular formula is C14H11NO2S. The van der Waals surface area contributed by atoms with Crippen LogP contribution < -0.4 is 4.74 Å². The molecule has 3 nitrogen and oxygen atoms in total. The van der Waals surface area contributed by atoms with Crippen molar-refractivity contribution in [3.05, 3.63) is 48.0 Å². The number of rotatable bonds is 3. The Morgan fingerprint density at radius 3 is 2.67 bits per heavy atom. The fourth-order valence-corrected chi connectivity index (χ4v) is 2.53. The second-order valence-corrected chi connectivity index (χ2v) is 4.73. The summed E-state index contributed by atoms with van der Waals surface area (Å²) in [6.45, 7) is 0. The van der Waals surface area contributed by atoms with E-state index in [1.54, 1.807) is 24.7 Å². The van der Waals surface area contributed by atoms with Crippen molar-refractivity contribution in [2.24, 2.45) is 0 Å². The van der Waals surface area contributed by atoms with Crippen LogP contribution in [0.2, 0.25) is 0 Å². The first-order chi connectivity index (χ1) is 8.88. The Bertz CT molecular complexity index is 626. The van der Waals surface area contributed by atoms with E-state index in [2.05, 4.69) is 11.2 Å². The van der Waals surface area contributed by atoms with Crippen LogP contribution in [-0.4, -0.2) is 12.3 Å². The average molecular weight is 257 g/mol. The second-order valence-electron chi connectivity index (χ2n) is 3.78. The third-order valence-corrected chi connectivity index (χ3v) is 3.62. The van der Waals surface area contributed by atoms with Gasteiger partial charge in [-0.1, -0.05) is 11.2 Å². The SMILES string of the molecule is COc1ccc(-c2nocc2-c2cccs2)cc1. The van der Waals surface area contributed by atoms with E-state index in [1.807, 2.05) is 35.7 Å². The number of nitrogens with zero attached hydrogens (tertiary/aromatic N) is 1. The Morgan fingerprint density at radius 1 is 1.17 bits per heavy atom. The summed E-state index contributed by atoms with van der Waals surface area (Å²) >= 11 is 1.67. The Hall–Kier alpha value is -2.07. The summed E-state index contributed by atoms with van der Waals surface area (Å²) in [5.41, 5.74) is 2.91. The van der Waals surface area contributed by atoms with Gasteiger partial charge in [-0.25, -0.2) is 0 Å². The van der Waals surface area contributed by atoms with Crippen LogP contribution in [0.5, 0.6) is 5.75 Å². The molecule has 0 saturated heterocycles.